The molecule has 6 N–H and O–H groups in total. The fourth-order valence-electron chi connectivity index (χ4n) is 0.358. The summed E-state index contributed by atoms with van der Waals surface area (Å²) in [4.78, 5) is 0. The van der Waals surface area contributed by atoms with Gasteiger partial charge in [-0.15, -0.1) is 0 Å². The van der Waals surface area contributed by atoms with Crippen LogP contribution in [0.1, 0.15) is 41.5 Å². The van der Waals surface area contributed by atoms with Gasteiger partial charge >= 0.3 is 0 Å². The highest BCUT2D eigenvalue weighted by molar-refractivity contribution is 5.87. The van der Waals surface area contributed by atoms with E-state index in [9.17, 15) is 0 Å². The summed E-state index contributed by atoms with van der Waals surface area (Å²) in [5.41, 5.74) is 8.96. The van der Waals surface area contributed by atoms with Gasteiger partial charge in [0.25, 0.3) is 0 Å². The van der Waals surface area contributed by atoms with Crippen LogP contribution in [-0.4, -0.2) is 22.7 Å². The van der Waals surface area contributed by atoms with Crippen molar-refractivity contribution in [2.24, 2.45) is 27.6 Å². The number of azo groups is 1. The number of hydrogen-bond donors (Lipinski definition) is 4. The molecule has 0 radical (unpaired) electrons. The fourth-order valence-corrected chi connectivity index (χ4v) is 0.358. The van der Waals surface area contributed by atoms with Crippen molar-refractivity contribution in [1.82, 2.24) is 0 Å². The van der Waals surface area contributed by atoms with Crippen LogP contribution >= 0.6 is 0 Å². The molecule has 7 nitrogen and oxygen atoms in total. The minimum absolute atomic E-state index is 0.0689. The van der Waals surface area contributed by atoms with Gasteiger partial charge in [-0.25, -0.2) is 0 Å². The van der Waals surface area contributed by atoms with E-state index in [2.05, 4.69) is 10.2 Å². The topological polar surface area (TPSA) is 148 Å². The van der Waals surface area contributed by atoms with Crippen molar-refractivity contribution in [3.05, 3.63) is 0 Å². The molecule has 0 aliphatic rings. The molecule has 0 heterocycles. The Labute approximate surface area is 115 Å². The number of hydrogen-bond acceptors (Lipinski definition) is 5. The van der Waals surface area contributed by atoms with E-state index in [1.165, 1.54) is 0 Å². The molecule has 0 aromatic rings. The third-order valence-electron chi connectivity index (χ3n) is 2.13. The molecule has 0 aromatic heterocycles. The first kappa shape index (κ1) is 19.4. The van der Waals surface area contributed by atoms with Crippen LogP contribution in [0.25, 0.3) is 0 Å². The Morgan fingerprint density at radius 2 is 1.21 bits per heavy atom. The third kappa shape index (κ3) is 8.71. The van der Waals surface area contributed by atoms with Crippen LogP contribution in [0.3, 0.4) is 0 Å². The molecule has 0 amide bonds. The number of rotatable bonds is 4. The predicted octanol–water partition coefficient (Wildman–Crippen LogP) is 2.03. The average Bonchev–Trinajstić information content (AvgIpc) is 2.27. The van der Waals surface area contributed by atoms with E-state index < -0.39 is 11.1 Å². The highest BCUT2D eigenvalue weighted by Gasteiger charge is 2.25. The molecule has 0 fully saturated rings. The van der Waals surface area contributed by atoms with E-state index in [1.54, 1.807) is 27.7 Å². The summed E-state index contributed by atoms with van der Waals surface area (Å²) in [5, 5.41) is 30.2. The number of amidine groups is 2. The quantitative estimate of drug-likeness (QED) is 0.350. The minimum Gasteiger partial charge on any atom is -0.386 e. The van der Waals surface area contributed by atoms with E-state index in [-0.39, 0.29) is 17.6 Å². The van der Waals surface area contributed by atoms with Crippen LogP contribution in [-0.2, 0) is 0 Å². The van der Waals surface area contributed by atoms with Gasteiger partial charge < -0.3 is 11.5 Å². The first-order valence-corrected chi connectivity index (χ1v) is 5.89. The highest BCUT2D eigenvalue weighted by Crippen LogP contribution is 2.15. The van der Waals surface area contributed by atoms with Crippen molar-refractivity contribution in [3.63, 3.8) is 0 Å². The molecule has 0 saturated heterocycles. The smallest absolute Gasteiger partial charge is 0.132 e. The lowest BCUT2D eigenvalue weighted by molar-refractivity contribution is 0.557. The second-order valence-corrected chi connectivity index (χ2v) is 5.43. The van der Waals surface area contributed by atoms with Gasteiger partial charge in [0.1, 0.15) is 22.7 Å². The van der Waals surface area contributed by atoms with E-state index in [4.69, 9.17) is 27.5 Å². The van der Waals surface area contributed by atoms with E-state index >= 15 is 0 Å². The predicted molar refractivity (Wildman–Crippen MR) is 77.3 cm³/mol. The monoisotopic (exact) mass is 267 g/mol. The van der Waals surface area contributed by atoms with Crippen LogP contribution < -0.4 is 11.5 Å². The maximum atomic E-state index is 7.89. The first-order chi connectivity index (χ1) is 8.36. The van der Waals surface area contributed by atoms with Gasteiger partial charge in [-0.05, 0) is 41.5 Å². The van der Waals surface area contributed by atoms with Crippen molar-refractivity contribution in [2.75, 3.05) is 0 Å². The molecule has 108 valence electrons. The Kier molecular flexibility index (Phi) is 7.61. The summed E-state index contributed by atoms with van der Waals surface area (Å²) < 4.78 is 0. The SMILES string of the molecule is CC(C)(N=NC(C)(C)C(=N)N)C(=N)N.CC(C)C#N. The fraction of sp³-hybridized carbons (Fsp3) is 0.750. The molecule has 0 saturated carbocycles. The zero-order chi connectivity index (χ0) is 15.9. The van der Waals surface area contributed by atoms with Crippen LogP contribution in [0.5, 0.6) is 0 Å². The average molecular weight is 267 g/mol. The standard InChI is InChI=1S/C8H18N6.C4H7N/c1-7(2,5(9)10)13-14-8(3,4)6(11)12;1-4(2)3-5/h1-4H3,(H3,9,10)(H3,11,12);4H,1-2H3. The van der Waals surface area contributed by atoms with Gasteiger partial charge in [0.2, 0.25) is 0 Å². The van der Waals surface area contributed by atoms with Crippen LogP contribution in [0.4, 0.5) is 0 Å². The molecule has 0 atom stereocenters. The summed E-state index contributed by atoms with van der Waals surface area (Å²) in [5.74, 6) is 0.0520. The largest absolute Gasteiger partial charge is 0.386 e. The van der Waals surface area contributed by atoms with Crippen molar-refractivity contribution in [1.29, 1.82) is 16.1 Å². The summed E-state index contributed by atoms with van der Waals surface area (Å²) >= 11 is 0. The Balaban J connectivity index is 0. The molecule has 0 aliphatic heterocycles. The zero-order valence-electron chi connectivity index (χ0n) is 12.6. The second-order valence-electron chi connectivity index (χ2n) is 5.43. The third-order valence-corrected chi connectivity index (χ3v) is 2.13. The lowest BCUT2D eigenvalue weighted by Crippen LogP contribution is -2.38. The van der Waals surface area contributed by atoms with Gasteiger partial charge in [0.05, 0.1) is 6.07 Å². The summed E-state index contributed by atoms with van der Waals surface area (Å²) in [6.07, 6.45) is 0. The zero-order valence-corrected chi connectivity index (χ0v) is 12.6. The molecule has 7 heteroatoms. The lowest BCUT2D eigenvalue weighted by Gasteiger charge is -2.20. The number of nitrogens with two attached hydrogens (primary N) is 2. The van der Waals surface area contributed by atoms with Crippen molar-refractivity contribution >= 4 is 11.7 Å². The summed E-state index contributed by atoms with van der Waals surface area (Å²) in [6, 6.07) is 2.03. The highest BCUT2D eigenvalue weighted by atomic mass is 15.2. The minimum atomic E-state index is -0.841. The lowest BCUT2D eigenvalue weighted by atomic mass is 10.1. The van der Waals surface area contributed by atoms with Crippen LogP contribution in [0.15, 0.2) is 10.2 Å². The number of nitrogens with zero attached hydrogens (tertiary/aromatic N) is 3. The van der Waals surface area contributed by atoms with Crippen molar-refractivity contribution in [2.45, 2.75) is 52.6 Å². The van der Waals surface area contributed by atoms with Gasteiger partial charge in [-0.2, -0.15) is 15.5 Å². The van der Waals surface area contributed by atoms with Crippen LogP contribution in [0.2, 0.25) is 0 Å². The molecular formula is C12H25N7. The Bertz CT molecular complexity index is 357. The molecule has 0 aliphatic carbocycles. The molecule has 19 heavy (non-hydrogen) atoms. The molecule has 0 spiro atoms. The van der Waals surface area contributed by atoms with E-state index in [1.807, 2.05) is 19.9 Å². The molecule has 0 rings (SSSR count). The van der Waals surface area contributed by atoms with E-state index in [0.717, 1.165) is 0 Å². The van der Waals surface area contributed by atoms with Gasteiger partial charge in [-0.1, -0.05) is 0 Å². The number of nitrogens with one attached hydrogen (secondary N) is 2. The van der Waals surface area contributed by atoms with E-state index in [0.29, 0.717) is 0 Å². The molecule has 0 aromatic carbocycles. The Morgan fingerprint density at radius 1 is 1.00 bits per heavy atom. The number of nitriles is 1. The van der Waals surface area contributed by atoms with Crippen LogP contribution in [0, 0.1) is 28.1 Å². The Hall–Kier alpha value is -1.97. The van der Waals surface area contributed by atoms with Crippen molar-refractivity contribution < 1.29 is 0 Å². The normalized spacial score (nSPS) is 11.7. The molecule has 0 unspecified atom stereocenters. The maximum Gasteiger partial charge on any atom is 0.132 e. The summed E-state index contributed by atoms with van der Waals surface area (Å²) in [7, 11) is 0. The molecule has 0 bridgehead atoms. The van der Waals surface area contributed by atoms with Gasteiger partial charge in [0.15, 0.2) is 0 Å². The van der Waals surface area contributed by atoms with Crippen molar-refractivity contribution in [3.8, 4) is 6.07 Å². The first-order valence-electron chi connectivity index (χ1n) is 5.89. The summed E-state index contributed by atoms with van der Waals surface area (Å²) in [6.45, 7) is 10.4. The Morgan fingerprint density at radius 3 is 1.32 bits per heavy atom. The van der Waals surface area contributed by atoms with Gasteiger partial charge in [-0.3, -0.25) is 10.8 Å². The second kappa shape index (κ2) is 7.46. The molecular weight excluding hydrogens is 242 g/mol. The van der Waals surface area contributed by atoms with Gasteiger partial charge in [0, 0.05) is 5.92 Å². The maximum absolute atomic E-state index is 7.89.